The number of hydrogen-bond donors (Lipinski definition) is 1. The van der Waals surface area contributed by atoms with Crippen LogP contribution in [-0.4, -0.2) is 30.0 Å². The monoisotopic (exact) mass is 273 g/mol. The number of nitrogens with zero attached hydrogens (tertiary/aromatic N) is 2. The van der Waals surface area contributed by atoms with E-state index in [2.05, 4.69) is 21.3 Å². The molecular weight excluding hydrogens is 250 g/mol. The standard InChI is InChI=1S/C16H23N3O/c1-12-4-2-7-15(17-12)19-10-8-13(9-11-19)16(20)18-14-5-3-6-14/h2,4,7,13-14H,3,5-6,8-11H2,1H3,(H,18,20). The van der Waals surface area contributed by atoms with Gasteiger partial charge < -0.3 is 10.2 Å². The molecule has 4 heteroatoms. The van der Waals surface area contributed by atoms with Crippen molar-refractivity contribution >= 4 is 11.7 Å². The molecule has 1 N–H and O–H groups in total. The second kappa shape index (κ2) is 5.81. The first kappa shape index (κ1) is 13.4. The lowest BCUT2D eigenvalue weighted by molar-refractivity contribution is -0.126. The van der Waals surface area contributed by atoms with Gasteiger partial charge >= 0.3 is 0 Å². The average Bonchev–Trinajstić information content (AvgIpc) is 2.43. The van der Waals surface area contributed by atoms with Gasteiger partial charge in [-0.3, -0.25) is 4.79 Å². The highest BCUT2D eigenvalue weighted by Gasteiger charge is 2.28. The first-order valence-corrected chi connectivity index (χ1v) is 7.71. The van der Waals surface area contributed by atoms with Crippen LogP contribution in [0, 0.1) is 12.8 Å². The van der Waals surface area contributed by atoms with E-state index < -0.39 is 0 Å². The van der Waals surface area contributed by atoms with Crippen molar-refractivity contribution in [3.63, 3.8) is 0 Å². The third kappa shape index (κ3) is 2.94. The Labute approximate surface area is 120 Å². The number of hydrogen-bond acceptors (Lipinski definition) is 3. The summed E-state index contributed by atoms with van der Waals surface area (Å²) in [7, 11) is 0. The molecule has 1 amide bonds. The molecule has 108 valence electrons. The number of nitrogens with one attached hydrogen (secondary N) is 1. The van der Waals surface area contributed by atoms with E-state index in [1.807, 2.05) is 19.1 Å². The number of carbonyl (C=O) groups excluding carboxylic acids is 1. The second-order valence-corrected chi connectivity index (χ2v) is 6.03. The minimum atomic E-state index is 0.191. The number of carbonyl (C=O) groups is 1. The SMILES string of the molecule is Cc1cccc(N2CCC(C(=O)NC3CCC3)CC2)n1. The Morgan fingerprint density at radius 1 is 1.25 bits per heavy atom. The zero-order chi connectivity index (χ0) is 13.9. The van der Waals surface area contributed by atoms with Crippen LogP contribution in [0.2, 0.25) is 0 Å². The zero-order valence-corrected chi connectivity index (χ0v) is 12.1. The minimum absolute atomic E-state index is 0.191. The molecule has 1 aliphatic carbocycles. The summed E-state index contributed by atoms with van der Waals surface area (Å²) >= 11 is 0. The van der Waals surface area contributed by atoms with Crippen LogP contribution in [0.15, 0.2) is 18.2 Å². The lowest BCUT2D eigenvalue weighted by Crippen LogP contribution is -2.46. The largest absolute Gasteiger partial charge is 0.357 e. The summed E-state index contributed by atoms with van der Waals surface area (Å²) in [6, 6.07) is 6.58. The highest BCUT2D eigenvalue weighted by Crippen LogP contribution is 2.24. The molecule has 2 aliphatic rings. The predicted molar refractivity (Wildman–Crippen MR) is 79.7 cm³/mol. The third-order valence-corrected chi connectivity index (χ3v) is 4.51. The molecule has 1 aromatic heterocycles. The lowest BCUT2D eigenvalue weighted by Gasteiger charge is -2.34. The van der Waals surface area contributed by atoms with Crippen molar-refractivity contribution in [3.8, 4) is 0 Å². The van der Waals surface area contributed by atoms with Gasteiger partial charge in [-0.25, -0.2) is 4.98 Å². The molecule has 1 aliphatic heterocycles. The number of aromatic nitrogens is 1. The van der Waals surface area contributed by atoms with Gasteiger partial charge in [0.1, 0.15) is 5.82 Å². The maximum absolute atomic E-state index is 12.2. The molecule has 1 aromatic rings. The van der Waals surface area contributed by atoms with E-state index in [0.717, 1.165) is 50.3 Å². The first-order chi connectivity index (χ1) is 9.72. The third-order valence-electron chi connectivity index (χ3n) is 4.51. The van der Waals surface area contributed by atoms with Crippen molar-refractivity contribution in [3.05, 3.63) is 23.9 Å². The molecule has 0 spiro atoms. The fraction of sp³-hybridized carbons (Fsp3) is 0.625. The first-order valence-electron chi connectivity index (χ1n) is 7.71. The van der Waals surface area contributed by atoms with E-state index in [0.29, 0.717) is 6.04 Å². The van der Waals surface area contributed by atoms with E-state index in [9.17, 15) is 4.79 Å². The zero-order valence-electron chi connectivity index (χ0n) is 12.1. The van der Waals surface area contributed by atoms with Crippen LogP contribution in [0.5, 0.6) is 0 Å². The Kier molecular flexibility index (Phi) is 3.90. The number of aryl methyl sites for hydroxylation is 1. The number of rotatable bonds is 3. The van der Waals surface area contributed by atoms with Gasteiger partial charge in [0.15, 0.2) is 0 Å². The van der Waals surface area contributed by atoms with Crippen molar-refractivity contribution in [1.29, 1.82) is 0 Å². The molecular formula is C16H23N3O. The van der Waals surface area contributed by atoms with E-state index in [4.69, 9.17) is 0 Å². The van der Waals surface area contributed by atoms with Gasteiger partial charge in [0.25, 0.3) is 0 Å². The Morgan fingerprint density at radius 3 is 2.60 bits per heavy atom. The summed E-state index contributed by atoms with van der Waals surface area (Å²) in [5, 5.41) is 3.18. The highest BCUT2D eigenvalue weighted by atomic mass is 16.1. The van der Waals surface area contributed by atoms with Gasteiger partial charge in [-0.1, -0.05) is 6.07 Å². The Balaban J connectivity index is 1.52. The smallest absolute Gasteiger partial charge is 0.223 e. The van der Waals surface area contributed by atoms with Crippen molar-refractivity contribution < 1.29 is 4.79 Å². The van der Waals surface area contributed by atoms with E-state index in [1.165, 1.54) is 6.42 Å². The average molecular weight is 273 g/mol. The van der Waals surface area contributed by atoms with Crippen molar-refractivity contribution in [2.45, 2.75) is 45.1 Å². The molecule has 0 radical (unpaired) electrons. The Bertz CT molecular complexity index is 476. The van der Waals surface area contributed by atoms with Gasteiger partial charge in [0, 0.05) is 30.7 Å². The topological polar surface area (TPSA) is 45.2 Å². The molecule has 0 aromatic carbocycles. The van der Waals surface area contributed by atoms with Gasteiger partial charge in [-0.05, 0) is 51.2 Å². The van der Waals surface area contributed by atoms with Crippen molar-refractivity contribution in [2.24, 2.45) is 5.92 Å². The molecule has 4 nitrogen and oxygen atoms in total. The van der Waals surface area contributed by atoms with Gasteiger partial charge in [0.2, 0.25) is 5.91 Å². The van der Waals surface area contributed by atoms with Crippen LogP contribution < -0.4 is 10.2 Å². The fourth-order valence-corrected chi connectivity index (χ4v) is 2.95. The molecule has 0 unspecified atom stereocenters. The van der Waals surface area contributed by atoms with E-state index >= 15 is 0 Å². The maximum atomic E-state index is 12.2. The van der Waals surface area contributed by atoms with E-state index in [-0.39, 0.29) is 11.8 Å². The van der Waals surface area contributed by atoms with Crippen LogP contribution in [0.25, 0.3) is 0 Å². The number of anilines is 1. The van der Waals surface area contributed by atoms with Crippen LogP contribution >= 0.6 is 0 Å². The predicted octanol–water partition coefficient (Wildman–Crippen LogP) is 2.28. The normalized spacial score (nSPS) is 20.6. The number of pyridine rings is 1. The Hall–Kier alpha value is -1.58. The van der Waals surface area contributed by atoms with Gasteiger partial charge in [0.05, 0.1) is 0 Å². The van der Waals surface area contributed by atoms with Crippen molar-refractivity contribution in [1.82, 2.24) is 10.3 Å². The Morgan fingerprint density at radius 2 is 2.00 bits per heavy atom. The summed E-state index contributed by atoms with van der Waals surface area (Å²) in [6.45, 7) is 3.88. The van der Waals surface area contributed by atoms with Crippen LogP contribution in [0.3, 0.4) is 0 Å². The number of amides is 1. The summed E-state index contributed by atoms with van der Waals surface area (Å²) < 4.78 is 0. The summed E-state index contributed by atoms with van der Waals surface area (Å²) in [6.07, 6.45) is 5.47. The summed E-state index contributed by atoms with van der Waals surface area (Å²) in [5.74, 6) is 1.51. The van der Waals surface area contributed by atoms with Gasteiger partial charge in [-0.15, -0.1) is 0 Å². The van der Waals surface area contributed by atoms with Crippen molar-refractivity contribution in [2.75, 3.05) is 18.0 Å². The molecule has 2 fully saturated rings. The van der Waals surface area contributed by atoms with Gasteiger partial charge in [-0.2, -0.15) is 0 Å². The molecule has 20 heavy (non-hydrogen) atoms. The quantitative estimate of drug-likeness (QED) is 0.919. The van der Waals surface area contributed by atoms with E-state index in [1.54, 1.807) is 0 Å². The van der Waals surface area contributed by atoms with Crippen LogP contribution in [-0.2, 0) is 4.79 Å². The molecule has 3 rings (SSSR count). The summed E-state index contributed by atoms with van der Waals surface area (Å²) in [4.78, 5) is 19.0. The molecule has 2 heterocycles. The molecule has 1 saturated carbocycles. The minimum Gasteiger partial charge on any atom is -0.357 e. The number of piperidine rings is 1. The fourth-order valence-electron chi connectivity index (χ4n) is 2.95. The maximum Gasteiger partial charge on any atom is 0.223 e. The second-order valence-electron chi connectivity index (χ2n) is 6.03. The molecule has 0 bridgehead atoms. The summed E-state index contributed by atoms with van der Waals surface area (Å²) in [5.41, 5.74) is 1.05. The van der Waals surface area contributed by atoms with Crippen LogP contribution in [0.1, 0.15) is 37.8 Å². The van der Waals surface area contributed by atoms with Crippen LogP contribution in [0.4, 0.5) is 5.82 Å². The lowest BCUT2D eigenvalue weighted by atomic mass is 9.90. The molecule has 0 atom stereocenters. The molecule has 1 saturated heterocycles. The highest BCUT2D eigenvalue weighted by molar-refractivity contribution is 5.79.